The molecule has 0 aliphatic rings. The lowest BCUT2D eigenvalue weighted by Crippen LogP contribution is -2.07. The Balaban J connectivity index is 1.59. The summed E-state index contributed by atoms with van der Waals surface area (Å²) >= 11 is 0. The number of nitro groups is 1. The van der Waals surface area contributed by atoms with Crippen LogP contribution in [0.4, 0.5) is 34.9 Å². The molecule has 0 saturated heterocycles. The molecule has 0 saturated carbocycles. The summed E-state index contributed by atoms with van der Waals surface area (Å²) in [6, 6.07) is 20.2. The first-order valence-corrected chi connectivity index (χ1v) is 10.3. The highest BCUT2D eigenvalue weighted by Gasteiger charge is 2.10. The summed E-state index contributed by atoms with van der Waals surface area (Å²) in [5.74, 6) is 1.12. The predicted molar refractivity (Wildman–Crippen MR) is 132 cm³/mol. The molecule has 12 heteroatoms. The molecule has 0 fully saturated rings. The van der Waals surface area contributed by atoms with Gasteiger partial charge >= 0.3 is 0 Å². The number of nitrogens with zero attached hydrogens (tertiary/aromatic N) is 5. The summed E-state index contributed by atoms with van der Waals surface area (Å²) in [4.78, 5) is 23.4. The third-order valence-corrected chi connectivity index (χ3v) is 4.60. The fourth-order valence-electron chi connectivity index (χ4n) is 2.91. The van der Waals surface area contributed by atoms with Crippen molar-refractivity contribution in [3.63, 3.8) is 0 Å². The number of aromatic hydroxyl groups is 1. The highest BCUT2D eigenvalue weighted by atomic mass is 16.6. The number of hydrazone groups is 1. The number of hydrogen-bond donors (Lipinski definition) is 4. The van der Waals surface area contributed by atoms with Crippen LogP contribution >= 0.6 is 0 Å². The molecule has 4 rings (SSSR count). The number of phenolic OH excluding ortho intramolecular Hbond substituents is 1. The predicted octanol–water partition coefficient (Wildman–Crippen LogP) is 4.43. The molecule has 35 heavy (non-hydrogen) atoms. The van der Waals surface area contributed by atoms with Gasteiger partial charge in [0, 0.05) is 29.1 Å². The number of nitro benzene ring substituents is 1. The molecule has 4 N–H and O–H groups in total. The third kappa shape index (κ3) is 6.16. The normalized spacial score (nSPS) is 10.7. The number of methoxy groups -OCH3 is 1. The molecule has 1 aromatic heterocycles. The van der Waals surface area contributed by atoms with Crippen LogP contribution in [0.5, 0.6) is 11.5 Å². The maximum atomic E-state index is 11.0. The zero-order chi connectivity index (χ0) is 24.6. The standard InChI is InChI=1S/C23H20N8O4/c1-35-19-10-7-17(8-11-19)26-22-27-21(25-16-5-3-2-4-6-16)28-23(29-22)30-24-14-15-13-18(31(33)34)9-12-20(15)32/h2-14,32H,1H3,(H3,25,26,27,28,29,30)/b24-14+. The minimum Gasteiger partial charge on any atom is -0.507 e. The smallest absolute Gasteiger partial charge is 0.270 e. The molecule has 0 bridgehead atoms. The highest BCUT2D eigenvalue weighted by molar-refractivity contribution is 5.84. The van der Waals surface area contributed by atoms with Crippen molar-refractivity contribution in [1.82, 2.24) is 15.0 Å². The van der Waals surface area contributed by atoms with E-state index >= 15 is 0 Å². The Labute approximate surface area is 199 Å². The SMILES string of the molecule is COc1ccc(Nc2nc(N/N=C/c3cc([N+](=O)[O-])ccc3O)nc(Nc3ccccc3)n2)cc1. The molecular formula is C23H20N8O4. The lowest BCUT2D eigenvalue weighted by molar-refractivity contribution is -0.384. The quantitative estimate of drug-likeness (QED) is 0.156. The van der Waals surface area contributed by atoms with Crippen LogP contribution in [0.3, 0.4) is 0 Å². The summed E-state index contributed by atoms with van der Waals surface area (Å²) in [5, 5.41) is 31.1. The lowest BCUT2D eigenvalue weighted by atomic mass is 10.2. The summed E-state index contributed by atoms with van der Waals surface area (Å²) in [7, 11) is 1.59. The largest absolute Gasteiger partial charge is 0.507 e. The molecule has 0 spiro atoms. The molecular weight excluding hydrogens is 452 g/mol. The van der Waals surface area contributed by atoms with E-state index in [1.165, 1.54) is 24.4 Å². The van der Waals surface area contributed by atoms with Crippen molar-refractivity contribution in [2.75, 3.05) is 23.2 Å². The number of hydrogen-bond acceptors (Lipinski definition) is 11. The van der Waals surface area contributed by atoms with E-state index in [9.17, 15) is 15.2 Å². The van der Waals surface area contributed by atoms with Crippen molar-refractivity contribution in [2.45, 2.75) is 0 Å². The van der Waals surface area contributed by atoms with Gasteiger partial charge in [0.15, 0.2) is 0 Å². The number of aromatic nitrogens is 3. The molecule has 0 amide bonds. The van der Waals surface area contributed by atoms with Crippen LogP contribution in [0.2, 0.25) is 0 Å². The zero-order valence-electron chi connectivity index (χ0n) is 18.4. The van der Waals surface area contributed by atoms with Crippen molar-refractivity contribution in [2.24, 2.45) is 5.10 Å². The van der Waals surface area contributed by atoms with E-state index < -0.39 is 4.92 Å². The number of non-ortho nitro benzene ring substituents is 1. The minimum atomic E-state index is -0.561. The maximum Gasteiger partial charge on any atom is 0.270 e. The first-order chi connectivity index (χ1) is 17.0. The molecule has 12 nitrogen and oxygen atoms in total. The van der Waals surface area contributed by atoms with E-state index in [1.807, 2.05) is 42.5 Å². The topological polar surface area (TPSA) is 160 Å². The minimum absolute atomic E-state index is 0.0932. The Kier molecular flexibility index (Phi) is 6.92. The Hall–Kier alpha value is -5.26. The first kappa shape index (κ1) is 22.9. The second-order valence-electron chi connectivity index (χ2n) is 7.02. The van der Waals surface area contributed by atoms with Crippen LogP contribution in [0, 0.1) is 10.1 Å². The van der Waals surface area contributed by atoms with Crippen molar-refractivity contribution < 1.29 is 14.8 Å². The van der Waals surface area contributed by atoms with Crippen molar-refractivity contribution in [3.8, 4) is 11.5 Å². The number of ether oxygens (including phenoxy) is 1. The lowest BCUT2D eigenvalue weighted by Gasteiger charge is -2.10. The molecule has 176 valence electrons. The number of benzene rings is 3. The highest BCUT2D eigenvalue weighted by Crippen LogP contribution is 2.22. The first-order valence-electron chi connectivity index (χ1n) is 10.3. The van der Waals surface area contributed by atoms with Gasteiger partial charge < -0.3 is 20.5 Å². The fraction of sp³-hybridized carbons (Fsp3) is 0.0435. The van der Waals surface area contributed by atoms with E-state index in [1.54, 1.807) is 19.2 Å². The zero-order valence-corrected chi connectivity index (χ0v) is 18.4. The second-order valence-corrected chi connectivity index (χ2v) is 7.02. The van der Waals surface area contributed by atoms with Gasteiger partial charge in [0.25, 0.3) is 5.69 Å². The third-order valence-electron chi connectivity index (χ3n) is 4.60. The van der Waals surface area contributed by atoms with E-state index in [4.69, 9.17) is 4.74 Å². The Bertz CT molecular complexity index is 1350. The van der Waals surface area contributed by atoms with Crippen molar-refractivity contribution in [1.29, 1.82) is 0 Å². The van der Waals surface area contributed by atoms with Gasteiger partial charge in [-0.25, -0.2) is 5.43 Å². The van der Waals surface area contributed by atoms with Gasteiger partial charge in [-0.3, -0.25) is 10.1 Å². The van der Waals surface area contributed by atoms with Gasteiger partial charge in [-0.1, -0.05) is 18.2 Å². The summed E-state index contributed by atoms with van der Waals surface area (Å²) in [6.45, 7) is 0. The fourth-order valence-corrected chi connectivity index (χ4v) is 2.91. The van der Waals surface area contributed by atoms with E-state index in [2.05, 4.69) is 36.1 Å². The van der Waals surface area contributed by atoms with Crippen molar-refractivity contribution >= 4 is 41.1 Å². The monoisotopic (exact) mass is 472 g/mol. The molecule has 1 heterocycles. The van der Waals surface area contributed by atoms with Crippen LogP contribution in [-0.2, 0) is 0 Å². The number of rotatable bonds is 9. The molecule has 0 aliphatic heterocycles. The van der Waals surface area contributed by atoms with E-state index in [0.717, 1.165) is 11.4 Å². The summed E-state index contributed by atoms with van der Waals surface area (Å²) in [6.07, 6.45) is 1.23. The molecule has 0 atom stereocenters. The van der Waals surface area contributed by atoms with Gasteiger partial charge in [-0.05, 0) is 42.5 Å². The Morgan fingerprint density at radius 2 is 1.54 bits per heavy atom. The van der Waals surface area contributed by atoms with Gasteiger partial charge in [-0.2, -0.15) is 20.1 Å². The van der Waals surface area contributed by atoms with Crippen LogP contribution in [-0.4, -0.2) is 38.3 Å². The van der Waals surface area contributed by atoms with Gasteiger partial charge in [0.1, 0.15) is 11.5 Å². The Morgan fingerprint density at radius 3 is 2.17 bits per heavy atom. The van der Waals surface area contributed by atoms with Crippen LogP contribution in [0.25, 0.3) is 0 Å². The number of para-hydroxylation sites is 1. The maximum absolute atomic E-state index is 11.0. The molecule has 4 aromatic rings. The average Bonchev–Trinajstić information content (AvgIpc) is 2.86. The molecule has 0 aliphatic carbocycles. The number of anilines is 5. The second kappa shape index (κ2) is 10.6. The van der Waals surface area contributed by atoms with Gasteiger partial charge in [0.2, 0.25) is 17.8 Å². The molecule has 3 aromatic carbocycles. The van der Waals surface area contributed by atoms with Crippen LogP contribution in [0.15, 0.2) is 77.9 Å². The van der Waals surface area contributed by atoms with Gasteiger partial charge in [-0.15, -0.1) is 0 Å². The number of phenols is 1. The number of nitrogens with one attached hydrogen (secondary N) is 3. The van der Waals surface area contributed by atoms with E-state index in [-0.39, 0.29) is 34.8 Å². The summed E-state index contributed by atoms with van der Waals surface area (Å²) in [5.41, 5.74) is 4.13. The van der Waals surface area contributed by atoms with Crippen molar-refractivity contribution in [3.05, 3.63) is 88.5 Å². The average molecular weight is 472 g/mol. The van der Waals surface area contributed by atoms with E-state index in [0.29, 0.717) is 5.75 Å². The Morgan fingerprint density at radius 1 is 0.914 bits per heavy atom. The molecule has 0 radical (unpaired) electrons. The summed E-state index contributed by atoms with van der Waals surface area (Å²) < 4.78 is 5.17. The van der Waals surface area contributed by atoms with Crippen LogP contribution in [0.1, 0.15) is 5.56 Å². The van der Waals surface area contributed by atoms with Gasteiger partial charge in [0.05, 0.1) is 18.2 Å². The molecule has 0 unspecified atom stereocenters. The van der Waals surface area contributed by atoms with Crippen LogP contribution < -0.4 is 20.8 Å².